The average molecular weight is 460 g/mol. The minimum absolute atomic E-state index is 0.0712. The number of nitrogens with zero attached hydrogens (tertiary/aromatic N) is 2. The Hall–Kier alpha value is -3.03. The Balaban J connectivity index is 1.36. The van der Waals surface area contributed by atoms with Crippen molar-refractivity contribution < 1.29 is 22.8 Å². The van der Waals surface area contributed by atoms with Crippen molar-refractivity contribution in [1.82, 2.24) is 4.90 Å². The van der Waals surface area contributed by atoms with Crippen LogP contribution in [0.5, 0.6) is 0 Å². The third-order valence-electron chi connectivity index (χ3n) is 6.36. The minimum Gasteiger partial charge on any atom is -0.388 e. The van der Waals surface area contributed by atoms with Crippen LogP contribution in [-0.2, 0) is 16.4 Å². The van der Waals surface area contributed by atoms with Gasteiger partial charge in [0.05, 0.1) is 17.0 Å². The molecule has 0 saturated carbocycles. The fraction of sp³-hybridized carbons (Fsp3) is 0.440. The first-order chi connectivity index (χ1) is 15.5. The summed E-state index contributed by atoms with van der Waals surface area (Å²) in [6.07, 6.45) is -2.76. The molecule has 0 unspecified atom stereocenters. The van der Waals surface area contributed by atoms with E-state index in [1.807, 2.05) is 0 Å². The molecule has 1 spiro atoms. The third-order valence-corrected chi connectivity index (χ3v) is 6.36. The molecule has 2 aromatic rings. The molecule has 1 fully saturated rings. The van der Waals surface area contributed by atoms with E-state index in [0.29, 0.717) is 32.4 Å². The number of rotatable bonds is 2. The van der Waals surface area contributed by atoms with Gasteiger partial charge in [0.2, 0.25) is 0 Å². The Morgan fingerprint density at radius 1 is 1.03 bits per heavy atom. The number of hydrogen-bond donors (Lipinski definition) is 1. The third kappa shape index (κ3) is 4.99. The molecule has 2 aliphatic heterocycles. The number of para-hydroxylation sites is 1. The molecule has 33 heavy (non-hydrogen) atoms. The van der Waals surface area contributed by atoms with E-state index in [1.165, 1.54) is 28.7 Å². The van der Waals surface area contributed by atoms with Gasteiger partial charge < -0.3 is 15.1 Å². The minimum atomic E-state index is -4.54. The Labute approximate surface area is 191 Å². The summed E-state index contributed by atoms with van der Waals surface area (Å²) in [6, 6.07) is 12.8. The van der Waals surface area contributed by atoms with Crippen molar-refractivity contribution in [2.45, 2.75) is 57.2 Å². The van der Waals surface area contributed by atoms with Gasteiger partial charge in [0, 0.05) is 32.4 Å². The Morgan fingerprint density at radius 2 is 1.67 bits per heavy atom. The van der Waals surface area contributed by atoms with Crippen molar-refractivity contribution >= 4 is 17.4 Å². The quantitative estimate of drug-likeness (QED) is 0.582. The number of amides is 2. The van der Waals surface area contributed by atoms with E-state index in [9.17, 15) is 18.0 Å². The Kier molecular flexibility index (Phi) is 5.88. The number of hydrogen-bond acceptors (Lipinski definition) is 3. The number of likely N-dealkylation sites (tertiary alicyclic amines) is 1. The first-order valence-corrected chi connectivity index (χ1v) is 11.1. The normalized spacial score (nSPS) is 18.1. The highest BCUT2D eigenvalue weighted by Crippen LogP contribution is 2.38. The van der Waals surface area contributed by atoms with Crippen molar-refractivity contribution in [3.8, 4) is 0 Å². The van der Waals surface area contributed by atoms with Gasteiger partial charge in [0.25, 0.3) is 0 Å². The molecule has 176 valence electrons. The summed E-state index contributed by atoms with van der Waals surface area (Å²) in [6.45, 7) is 7.26. The van der Waals surface area contributed by atoms with Crippen LogP contribution in [0.1, 0.15) is 56.7 Å². The number of halogens is 3. The van der Waals surface area contributed by atoms with Crippen LogP contribution in [0, 0.1) is 0 Å². The number of nitrogens with one attached hydrogen (secondary N) is 1. The highest BCUT2D eigenvalue weighted by molar-refractivity contribution is 6.01. The summed E-state index contributed by atoms with van der Waals surface area (Å²) in [5, 5.41) is 6.74. The smallest absolute Gasteiger partial charge is 0.388 e. The van der Waals surface area contributed by atoms with E-state index in [2.05, 4.69) is 55.5 Å². The summed E-state index contributed by atoms with van der Waals surface area (Å²) in [7, 11) is 0. The summed E-state index contributed by atoms with van der Waals surface area (Å²) >= 11 is 0. The number of carbonyl (C=O) groups is 1. The molecule has 8 heteroatoms. The van der Waals surface area contributed by atoms with Crippen molar-refractivity contribution in [3.05, 3.63) is 65.2 Å². The Bertz CT molecular complexity index is 1050. The van der Waals surface area contributed by atoms with Crippen LogP contribution < -0.4 is 5.32 Å². The van der Waals surface area contributed by atoms with Gasteiger partial charge in [-0.05, 0) is 28.7 Å². The van der Waals surface area contributed by atoms with Gasteiger partial charge in [0.15, 0.2) is 0 Å². The number of anilines is 1. The molecule has 2 amide bonds. The van der Waals surface area contributed by atoms with Crippen LogP contribution in [0.2, 0.25) is 0 Å². The first kappa shape index (κ1) is 23.1. The lowest BCUT2D eigenvalue weighted by molar-refractivity contribution is -0.136. The lowest BCUT2D eigenvalue weighted by Crippen LogP contribution is -2.48. The molecule has 0 atom stereocenters. The summed E-state index contributed by atoms with van der Waals surface area (Å²) in [4.78, 5) is 20.0. The number of piperidine rings is 1. The molecule has 2 aromatic carbocycles. The van der Waals surface area contributed by atoms with Gasteiger partial charge in [-0.3, -0.25) is 0 Å². The SMILES string of the molecule is CC(C)(C)c1ccc(C2=NOC3(CCN(C(=O)Nc4ccccc4C(F)(F)F)CC3)C2)cc1. The van der Waals surface area contributed by atoms with Crippen LogP contribution in [0.15, 0.2) is 53.7 Å². The second-order valence-electron chi connectivity index (χ2n) is 9.78. The molecular weight excluding hydrogens is 431 g/mol. The second kappa shape index (κ2) is 8.39. The summed E-state index contributed by atoms with van der Waals surface area (Å²) in [5.41, 5.74) is 1.64. The first-order valence-electron chi connectivity index (χ1n) is 11.1. The van der Waals surface area contributed by atoms with Crippen molar-refractivity contribution in [2.75, 3.05) is 18.4 Å². The molecule has 2 heterocycles. The van der Waals surface area contributed by atoms with E-state index < -0.39 is 23.4 Å². The number of alkyl halides is 3. The van der Waals surface area contributed by atoms with Gasteiger partial charge in [-0.1, -0.05) is 62.3 Å². The fourth-order valence-corrected chi connectivity index (χ4v) is 4.26. The predicted octanol–water partition coefficient (Wildman–Crippen LogP) is 6.19. The van der Waals surface area contributed by atoms with Gasteiger partial charge in [0.1, 0.15) is 5.60 Å². The summed E-state index contributed by atoms with van der Waals surface area (Å²) < 4.78 is 39.6. The van der Waals surface area contributed by atoms with E-state index in [4.69, 9.17) is 4.84 Å². The van der Waals surface area contributed by atoms with Gasteiger partial charge in [-0.25, -0.2) is 4.79 Å². The zero-order valence-electron chi connectivity index (χ0n) is 19.0. The van der Waals surface area contributed by atoms with Gasteiger partial charge in [-0.15, -0.1) is 0 Å². The molecule has 0 bridgehead atoms. The van der Waals surface area contributed by atoms with Crippen LogP contribution in [-0.4, -0.2) is 35.3 Å². The van der Waals surface area contributed by atoms with Crippen LogP contribution in [0.3, 0.4) is 0 Å². The number of carbonyl (C=O) groups excluding carboxylic acids is 1. The fourth-order valence-electron chi connectivity index (χ4n) is 4.26. The lowest BCUT2D eigenvalue weighted by atomic mass is 9.84. The van der Waals surface area contributed by atoms with Crippen LogP contribution in [0.25, 0.3) is 0 Å². The maximum Gasteiger partial charge on any atom is 0.418 e. The van der Waals surface area contributed by atoms with Crippen molar-refractivity contribution in [1.29, 1.82) is 0 Å². The molecule has 1 saturated heterocycles. The van der Waals surface area contributed by atoms with Gasteiger partial charge in [-0.2, -0.15) is 13.2 Å². The zero-order valence-corrected chi connectivity index (χ0v) is 19.0. The van der Waals surface area contributed by atoms with Crippen LogP contribution in [0.4, 0.5) is 23.7 Å². The number of oxime groups is 1. The molecule has 2 aliphatic rings. The molecule has 5 nitrogen and oxygen atoms in total. The lowest BCUT2D eigenvalue weighted by Gasteiger charge is -2.37. The second-order valence-corrected chi connectivity index (χ2v) is 9.78. The number of urea groups is 1. The van der Waals surface area contributed by atoms with E-state index in [1.54, 1.807) is 0 Å². The zero-order chi connectivity index (χ0) is 23.9. The Morgan fingerprint density at radius 3 is 2.27 bits per heavy atom. The monoisotopic (exact) mass is 459 g/mol. The largest absolute Gasteiger partial charge is 0.418 e. The van der Waals surface area contributed by atoms with E-state index >= 15 is 0 Å². The van der Waals surface area contributed by atoms with Crippen LogP contribution >= 0.6 is 0 Å². The molecule has 0 radical (unpaired) electrons. The highest BCUT2D eigenvalue weighted by Gasteiger charge is 2.43. The van der Waals surface area contributed by atoms with Crippen molar-refractivity contribution in [3.63, 3.8) is 0 Å². The predicted molar refractivity (Wildman–Crippen MR) is 121 cm³/mol. The number of benzene rings is 2. The highest BCUT2D eigenvalue weighted by atomic mass is 19.4. The molecular formula is C25H28F3N3O2. The maximum absolute atomic E-state index is 13.2. The molecule has 0 aromatic heterocycles. The maximum atomic E-state index is 13.2. The van der Waals surface area contributed by atoms with E-state index in [-0.39, 0.29) is 11.1 Å². The topological polar surface area (TPSA) is 53.9 Å². The van der Waals surface area contributed by atoms with Crippen molar-refractivity contribution in [2.24, 2.45) is 5.16 Å². The molecule has 0 aliphatic carbocycles. The van der Waals surface area contributed by atoms with E-state index in [0.717, 1.165) is 17.3 Å². The standard InChI is InChI=1S/C25H28F3N3O2/c1-23(2,3)18-10-8-17(9-11-18)21-16-24(33-30-21)12-14-31(15-13-24)22(32)29-20-7-5-4-6-19(20)25(26,27)28/h4-11H,12-16H2,1-3H3,(H,29,32). The average Bonchev–Trinajstić information content (AvgIpc) is 3.17. The van der Waals surface area contributed by atoms with Gasteiger partial charge >= 0.3 is 12.2 Å². The molecule has 1 N–H and O–H groups in total. The summed E-state index contributed by atoms with van der Waals surface area (Å²) in [5.74, 6) is 0. The molecule has 4 rings (SSSR count).